The van der Waals surface area contributed by atoms with Gasteiger partial charge < -0.3 is 19.9 Å². The zero-order valence-electron chi connectivity index (χ0n) is 22.7. The highest BCUT2D eigenvalue weighted by Gasteiger charge is 2.39. The van der Waals surface area contributed by atoms with Crippen LogP contribution in [-0.4, -0.2) is 45.9 Å². The number of anilines is 2. The maximum Gasteiger partial charge on any atom is 0.416 e. The summed E-state index contributed by atoms with van der Waals surface area (Å²) in [5, 5.41) is 13.6. The van der Waals surface area contributed by atoms with E-state index in [2.05, 4.69) is 20.3 Å². The van der Waals surface area contributed by atoms with Crippen molar-refractivity contribution >= 4 is 17.7 Å². The summed E-state index contributed by atoms with van der Waals surface area (Å²) in [6.07, 6.45) is -9.02. The van der Waals surface area contributed by atoms with E-state index in [1.807, 2.05) is 6.92 Å². The van der Waals surface area contributed by atoms with Gasteiger partial charge in [-0.1, -0.05) is 6.92 Å². The summed E-state index contributed by atoms with van der Waals surface area (Å²) >= 11 is 0. The number of aromatic nitrogens is 3. The lowest BCUT2D eigenvalue weighted by Gasteiger charge is -2.39. The Balaban J connectivity index is 1.64. The quantitative estimate of drug-likeness (QED) is 0.296. The Kier molecular flexibility index (Phi) is 8.68. The Hall–Kier alpha value is -4.30. The average Bonchev–Trinajstić information content (AvgIpc) is 2.93. The molecule has 2 N–H and O–H groups in total. The van der Waals surface area contributed by atoms with E-state index in [-0.39, 0.29) is 41.7 Å². The molecule has 1 aliphatic heterocycles. The highest BCUT2D eigenvalue weighted by Crippen LogP contribution is 2.41. The van der Waals surface area contributed by atoms with E-state index in [4.69, 9.17) is 9.47 Å². The lowest BCUT2D eigenvalue weighted by atomic mass is 9.93. The van der Waals surface area contributed by atoms with Gasteiger partial charge in [-0.3, -0.25) is 4.90 Å². The van der Waals surface area contributed by atoms with Crippen molar-refractivity contribution in [3.63, 3.8) is 0 Å². The first kappa shape index (κ1) is 30.7. The van der Waals surface area contributed by atoms with E-state index in [0.717, 1.165) is 6.20 Å². The number of amides is 1. The molecule has 15 heteroatoms. The van der Waals surface area contributed by atoms with Crippen LogP contribution in [-0.2, 0) is 23.5 Å². The Morgan fingerprint density at radius 3 is 2.29 bits per heavy atom. The van der Waals surface area contributed by atoms with Crippen LogP contribution >= 0.6 is 0 Å². The number of fused-ring (bicyclic) bond motifs is 1. The summed E-state index contributed by atoms with van der Waals surface area (Å²) in [6.45, 7) is 3.75. The van der Waals surface area contributed by atoms with Crippen LogP contribution in [0.3, 0.4) is 0 Å². The third-order valence-electron chi connectivity index (χ3n) is 6.67. The van der Waals surface area contributed by atoms with E-state index < -0.39 is 47.9 Å². The molecule has 3 aromatic rings. The van der Waals surface area contributed by atoms with Crippen molar-refractivity contribution in [3.05, 3.63) is 64.5 Å². The monoisotopic (exact) mass is 599 g/mol. The van der Waals surface area contributed by atoms with E-state index in [0.29, 0.717) is 36.4 Å². The number of nitrogens with zero attached hydrogens (tertiary/aromatic N) is 4. The van der Waals surface area contributed by atoms with Gasteiger partial charge in [0.25, 0.3) is 0 Å². The van der Waals surface area contributed by atoms with Crippen molar-refractivity contribution in [1.29, 1.82) is 0 Å². The molecule has 0 saturated carbocycles. The molecule has 0 fully saturated rings. The molecular formula is C27H27F6N5O4. The van der Waals surface area contributed by atoms with Crippen LogP contribution in [0.5, 0.6) is 11.8 Å². The molecule has 42 heavy (non-hydrogen) atoms. The number of rotatable bonds is 7. The Bertz CT molecular complexity index is 1420. The van der Waals surface area contributed by atoms with Crippen LogP contribution in [0.15, 0.2) is 36.5 Å². The number of methoxy groups -OCH3 is 1. The molecule has 0 radical (unpaired) electrons. The van der Waals surface area contributed by atoms with Crippen molar-refractivity contribution in [3.8, 4) is 11.8 Å². The third-order valence-corrected chi connectivity index (χ3v) is 6.67. The minimum Gasteiger partial charge on any atom is -0.493 e. The summed E-state index contributed by atoms with van der Waals surface area (Å²) < 4.78 is 90.0. The number of aromatic hydroxyl groups is 1. The second-order valence-corrected chi connectivity index (χ2v) is 9.45. The van der Waals surface area contributed by atoms with Crippen molar-refractivity contribution in [2.45, 2.75) is 57.5 Å². The summed E-state index contributed by atoms with van der Waals surface area (Å²) in [6, 6.07) is 3.59. The van der Waals surface area contributed by atoms with E-state index in [1.54, 1.807) is 19.1 Å². The minimum atomic E-state index is -5.01. The minimum absolute atomic E-state index is 0.0323. The van der Waals surface area contributed by atoms with Gasteiger partial charge in [-0.25, -0.2) is 14.8 Å². The van der Waals surface area contributed by atoms with Crippen LogP contribution < -0.4 is 15.0 Å². The molecule has 0 unspecified atom stereocenters. The summed E-state index contributed by atoms with van der Waals surface area (Å²) in [5.41, 5.74) is -2.46. The fourth-order valence-corrected chi connectivity index (χ4v) is 4.71. The number of ether oxygens (including phenoxy) is 2. The number of nitrogens with one attached hydrogen (secondary N) is 1. The van der Waals surface area contributed by atoms with Crippen LogP contribution in [0, 0.1) is 0 Å². The standard InChI is InChI=1S/C27H27F6N5O4/c1-4-18-12-19(22-20(6-7-21(36-22)41-3)38(18)25(40)42-5-2)35-24-34-13-15(23(39)37-24)8-14-9-16(26(28,29)30)11-17(10-14)27(31,32)33/h6-7,9-11,13,18-19H,4-5,8,12H2,1-3H3,(H2,34,35,37,39)/t18-,19+/m1/s1. The average molecular weight is 600 g/mol. The molecule has 2 aromatic heterocycles. The summed E-state index contributed by atoms with van der Waals surface area (Å²) in [5.74, 6) is -0.428. The normalized spacial score (nSPS) is 17.0. The molecule has 0 aliphatic carbocycles. The number of hydrogen-bond acceptors (Lipinski definition) is 8. The first-order valence-corrected chi connectivity index (χ1v) is 12.9. The Labute approximate surface area is 236 Å². The van der Waals surface area contributed by atoms with Crippen LogP contribution in [0.25, 0.3) is 0 Å². The molecule has 2 atom stereocenters. The number of halogens is 6. The predicted molar refractivity (Wildman–Crippen MR) is 138 cm³/mol. The maximum absolute atomic E-state index is 13.3. The third kappa shape index (κ3) is 6.60. The molecule has 0 spiro atoms. The van der Waals surface area contributed by atoms with Crippen molar-refractivity contribution in [2.75, 3.05) is 23.9 Å². The topological polar surface area (TPSA) is 110 Å². The molecule has 1 aliphatic rings. The highest BCUT2D eigenvalue weighted by atomic mass is 19.4. The van der Waals surface area contributed by atoms with Gasteiger partial charge >= 0.3 is 18.4 Å². The zero-order chi connectivity index (χ0) is 30.8. The van der Waals surface area contributed by atoms with Gasteiger partial charge in [-0.15, -0.1) is 0 Å². The van der Waals surface area contributed by atoms with Gasteiger partial charge in [0.2, 0.25) is 17.7 Å². The number of carbonyl (C=O) groups excluding carboxylic acids is 1. The molecule has 0 bridgehead atoms. The van der Waals surface area contributed by atoms with Crippen molar-refractivity contribution < 1.29 is 45.7 Å². The summed E-state index contributed by atoms with van der Waals surface area (Å²) in [7, 11) is 1.43. The Morgan fingerprint density at radius 1 is 1.07 bits per heavy atom. The lowest BCUT2D eigenvalue weighted by molar-refractivity contribution is -0.143. The Morgan fingerprint density at radius 2 is 1.74 bits per heavy atom. The molecule has 1 aromatic carbocycles. The second kappa shape index (κ2) is 11.9. The molecule has 4 rings (SSSR count). The largest absolute Gasteiger partial charge is 0.493 e. The molecular weight excluding hydrogens is 572 g/mol. The highest BCUT2D eigenvalue weighted by molar-refractivity contribution is 5.90. The summed E-state index contributed by atoms with van der Waals surface area (Å²) in [4.78, 5) is 26.9. The predicted octanol–water partition coefficient (Wildman–Crippen LogP) is 6.51. The molecule has 1 amide bonds. The van der Waals surface area contributed by atoms with Gasteiger partial charge in [0.05, 0.1) is 42.3 Å². The number of alkyl halides is 6. The van der Waals surface area contributed by atoms with Crippen LogP contribution in [0.2, 0.25) is 0 Å². The molecule has 3 heterocycles. The van der Waals surface area contributed by atoms with E-state index >= 15 is 0 Å². The van der Waals surface area contributed by atoms with Crippen LogP contribution in [0.4, 0.5) is 42.8 Å². The number of pyridine rings is 1. The van der Waals surface area contributed by atoms with Gasteiger partial charge in [-0.05, 0) is 49.6 Å². The first-order valence-electron chi connectivity index (χ1n) is 12.9. The fraction of sp³-hybridized carbons (Fsp3) is 0.407. The maximum atomic E-state index is 13.3. The van der Waals surface area contributed by atoms with Gasteiger partial charge in [0.15, 0.2) is 0 Å². The second-order valence-electron chi connectivity index (χ2n) is 9.45. The van der Waals surface area contributed by atoms with Gasteiger partial charge in [0, 0.05) is 30.3 Å². The number of hydrogen-bond donors (Lipinski definition) is 2. The van der Waals surface area contributed by atoms with Crippen molar-refractivity contribution in [1.82, 2.24) is 15.0 Å². The zero-order valence-corrected chi connectivity index (χ0v) is 22.7. The van der Waals surface area contributed by atoms with E-state index in [9.17, 15) is 36.2 Å². The molecule has 9 nitrogen and oxygen atoms in total. The molecule has 0 saturated heterocycles. The smallest absolute Gasteiger partial charge is 0.416 e. The SMILES string of the molecule is CCOC(=O)N1c2ccc(OC)nc2[C@@H](Nc2ncc(Cc3cc(C(F)(F)F)cc(C(F)(F)F)c3)c(O)n2)C[C@H]1CC. The molecule has 226 valence electrons. The van der Waals surface area contributed by atoms with Gasteiger partial charge in [-0.2, -0.15) is 31.3 Å². The van der Waals surface area contributed by atoms with E-state index in [1.165, 1.54) is 12.0 Å². The van der Waals surface area contributed by atoms with Crippen molar-refractivity contribution in [2.24, 2.45) is 0 Å². The fourth-order valence-electron chi connectivity index (χ4n) is 4.71. The first-order chi connectivity index (χ1) is 19.7. The lowest BCUT2D eigenvalue weighted by Crippen LogP contribution is -2.46. The van der Waals surface area contributed by atoms with Crippen LogP contribution in [0.1, 0.15) is 60.7 Å². The van der Waals surface area contributed by atoms with Gasteiger partial charge in [0.1, 0.15) is 0 Å². The number of benzene rings is 1. The number of carbonyl (C=O) groups is 1.